The van der Waals surface area contributed by atoms with E-state index in [1.54, 1.807) is 0 Å². The summed E-state index contributed by atoms with van der Waals surface area (Å²) in [6.45, 7) is 0.0453. The Bertz CT molecular complexity index is 528. The van der Waals surface area contributed by atoms with Crippen LogP contribution in [0.3, 0.4) is 0 Å². The van der Waals surface area contributed by atoms with Crippen LogP contribution in [0.5, 0.6) is 0 Å². The molecule has 0 aromatic carbocycles. The summed E-state index contributed by atoms with van der Waals surface area (Å²) in [7, 11) is -0.402. The lowest BCUT2D eigenvalue weighted by molar-refractivity contribution is 0.0955. The minimum Gasteiger partial charge on any atom is -0.351 e. The molecule has 0 aliphatic rings. The van der Waals surface area contributed by atoms with E-state index in [0.717, 1.165) is 4.31 Å². The number of aromatic nitrogens is 2. The van der Waals surface area contributed by atoms with Crippen molar-refractivity contribution in [2.45, 2.75) is 5.16 Å². The molecule has 0 fully saturated rings. The predicted octanol–water partition coefficient (Wildman–Crippen LogP) is -0.180. The van der Waals surface area contributed by atoms with Crippen molar-refractivity contribution in [2.24, 2.45) is 0 Å². The van der Waals surface area contributed by atoms with Crippen LogP contribution in [0.4, 0.5) is 0 Å². The summed E-state index contributed by atoms with van der Waals surface area (Å²) in [6.07, 6.45) is 4.66. The summed E-state index contributed by atoms with van der Waals surface area (Å²) in [6, 6.07) is 0. The van der Waals surface area contributed by atoms with Gasteiger partial charge in [-0.25, -0.2) is 22.7 Å². The molecule has 19 heavy (non-hydrogen) atoms. The highest BCUT2D eigenvalue weighted by atomic mass is 32.2. The summed E-state index contributed by atoms with van der Waals surface area (Å²) in [5, 5.41) is 3.09. The van der Waals surface area contributed by atoms with Gasteiger partial charge in [0.1, 0.15) is 0 Å². The Balaban J connectivity index is 2.52. The third kappa shape index (κ3) is 4.77. The molecule has 0 bridgehead atoms. The first-order chi connectivity index (χ1) is 8.86. The highest BCUT2D eigenvalue weighted by Crippen LogP contribution is 2.06. The molecule has 0 aliphatic heterocycles. The van der Waals surface area contributed by atoms with E-state index in [9.17, 15) is 13.2 Å². The van der Waals surface area contributed by atoms with Crippen molar-refractivity contribution < 1.29 is 13.2 Å². The van der Waals surface area contributed by atoms with Gasteiger partial charge in [0.25, 0.3) is 5.91 Å². The van der Waals surface area contributed by atoms with E-state index in [2.05, 4.69) is 15.3 Å². The lowest BCUT2D eigenvalue weighted by atomic mass is 10.3. The second-order valence-electron chi connectivity index (χ2n) is 3.81. The van der Waals surface area contributed by atoms with E-state index >= 15 is 0 Å². The minimum atomic E-state index is -3.30. The number of amides is 1. The largest absolute Gasteiger partial charge is 0.351 e. The Hall–Kier alpha value is -1.19. The number of nitrogens with one attached hydrogen (secondary N) is 1. The van der Waals surface area contributed by atoms with Crippen molar-refractivity contribution in [3.63, 3.8) is 0 Å². The van der Waals surface area contributed by atoms with Gasteiger partial charge >= 0.3 is 0 Å². The molecular weight excluding hydrogens is 288 g/mol. The third-order valence-corrected chi connectivity index (χ3v) is 4.68. The van der Waals surface area contributed by atoms with Gasteiger partial charge in [0, 0.05) is 33.0 Å². The van der Waals surface area contributed by atoms with Crippen LogP contribution in [-0.2, 0) is 10.0 Å². The molecule has 0 saturated heterocycles. The molecule has 0 radical (unpaired) electrons. The second-order valence-corrected chi connectivity index (χ2v) is 6.89. The minimum absolute atomic E-state index is 0.0453. The summed E-state index contributed by atoms with van der Waals surface area (Å²) < 4.78 is 24.1. The van der Waals surface area contributed by atoms with Crippen LogP contribution in [0.25, 0.3) is 0 Å². The van der Waals surface area contributed by atoms with Crippen molar-refractivity contribution >= 4 is 27.7 Å². The zero-order chi connectivity index (χ0) is 14.5. The van der Waals surface area contributed by atoms with Gasteiger partial charge in [-0.3, -0.25) is 4.79 Å². The molecule has 106 valence electrons. The van der Waals surface area contributed by atoms with Crippen molar-refractivity contribution in [3.8, 4) is 0 Å². The van der Waals surface area contributed by atoms with Crippen molar-refractivity contribution in [1.29, 1.82) is 0 Å². The number of hydrogen-bond donors (Lipinski definition) is 1. The molecule has 1 amide bonds. The molecule has 0 atom stereocenters. The number of rotatable bonds is 6. The number of thioether (sulfide) groups is 1. The molecule has 1 heterocycles. The van der Waals surface area contributed by atoms with Crippen molar-refractivity contribution in [3.05, 3.63) is 18.0 Å². The zero-order valence-electron chi connectivity index (χ0n) is 11.0. The molecule has 9 heteroatoms. The quantitative estimate of drug-likeness (QED) is 0.579. The van der Waals surface area contributed by atoms with Gasteiger partial charge in [0.05, 0.1) is 11.3 Å². The van der Waals surface area contributed by atoms with Gasteiger partial charge < -0.3 is 5.32 Å². The van der Waals surface area contributed by atoms with Crippen LogP contribution in [0.15, 0.2) is 17.6 Å². The molecule has 0 aliphatic carbocycles. The first kappa shape index (κ1) is 15.9. The molecular formula is C10H16N4O3S2. The lowest BCUT2D eigenvalue weighted by Crippen LogP contribution is -2.34. The summed E-state index contributed by atoms with van der Waals surface area (Å²) in [5.41, 5.74) is 0.306. The summed E-state index contributed by atoms with van der Waals surface area (Å²) in [5.74, 6) is -0.531. The lowest BCUT2D eigenvalue weighted by Gasteiger charge is -2.11. The molecule has 1 aromatic rings. The topological polar surface area (TPSA) is 92.3 Å². The maximum atomic E-state index is 11.7. The van der Waals surface area contributed by atoms with E-state index in [1.807, 2.05) is 6.26 Å². The van der Waals surface area contributed by atoms with Crippen LogP contribution in [0.2, 0.25) is 0 Å². The second kappa shape index (κ2) is 6.83. The maximum absolute atomic E-state index is 11.7. The Morgan fingerprint density at radius 3 is 2.42 bits per heavy atom. The van der Waals surface area contributed by atoms with Gasteiger partial charge in [-0.1, -0.05) is 11.8 Å². The standard InChI is InChI=1S/C10H16N4O3S2/c1-14(2)19(16,17)5-4-11-9(15)8-6-12-10(18-3)13-7-8/h6-7H,4-5H2,1-3H3,(H,11,15). The molecule has 7 nitrogen and oxygen atoms in total. The Morgan fingerprint density at radius 1 is 1.37 bits per heavy atom. The van der Waals surface area contributed by atoms with Gasteiger partial charge in [-0.2, -0.15) is 0 Å². The zero-order valence-corrected chi connectivity index (χ0v) is 12.6. The number of sulfonamides is 1. The van der Waals surface area contributed by atoms with E-state index in [4.69, 9.17) is 0 Å². The fourth-order valence-corrected chi connectivity index (χ4v) is 2.16. The van der Waals surface area contributed by atoms with E-state index < -0.39 is 10.0 Å². The van der Waals surface area contributed by atoms with E-state index in [0.29, 0.717) is 10.7 Å². The predicted molar refractivity (Wildman–Crippen MR) is 73.6 cm³/mol. The Labute approximate surface area is 116 Å². The number of nitrogens with zero attached hydrogens (tertiary/aromatic N) is 3. The molecule has 0 spiro atoms. The molecule has 0 saturated carbocycles. The monoisotopic (exact) mass is 304 g/mol. The smallest absolute Gasteiger partial charge is 0.254 e. The van der Waals surface area contributed by atoms with Crippen LogP contribution in [0.1, 0.15) is 10.4 Å². The number of carbonyl (C=O) groups is 1. The van der Waals surface area contributed by atoms with E-state index in [1.165, 1.54) is 38.3 Å². The summed E-state index contributed by atoms with van der Waals surface area (Å²) >= 11 is 1.37. The van der Waals surface area contributed by atoms with Gasteiger partial charge in [-0.15, -0.1) is 0 Å². The molecule has 1 aromatic heterocycles. The van der Waals surface area contributed by atoms with Gasteiger partial charge in [0.2, 0.25) is 10.0 Å². The highest BCUT2D eigenvalue weighted by molar-refractivity contribution is 7.98. The summed E-state index contributed by atoms with van der Waals surface area (Å²) in [4.78, 5) is 19.6. The van der Waals surface area contributed by atoms with Crippen molar-refractivity contribution in [2.75, 3.05) is 32.6 Å². The van der Waals surface area contributed by atoms with Gasteiger partial charge in [0.15, 0.2) is 5.16 Å². The van der Waals surface area contributed by atoms with Crippen LogP contribution >= 0.6 is 11.8 Å². The first-order valence-electron chi connectivity index (χ1n) is 5.41. The fourth-order valence-electron chi connectivity index (χ4n) is 1.12. The number of carbonyl (C=O) groups excluding carboxylic acids is 1. The van der Waals surface area contributed by atoms with Crippen LogP contribution in [-0.4, -0.2) is 61.2 Å². The molecule has 0 unspecified atom stereocenters. The van der Waals surface area contributed by atoms with Crippen LogP contribution in [0, 0.1) is 0 Å². The molecule has 1 N–H and O–H groups in total. The maximum Gasteiger partial charge on any atom is 0.254 e. The Morgan fingerprint density at radius 2 is 1.95 bits per heavy atom. The Kier molecular flexibility index (Phi) is 5.70. The highest BCUT2D eigenvalue weighted by Gasteiger charge is 2.14. The van der Waals surface area contributed by atoms with E-state index in [-0.39, 0.29) is 18.2 Å². The normalized spacial score (nSPS) is 11.6. The molecule has 1 rings (SSSR count). The third-order valence-electron chi connectivity index (χ3n) is 2.27. The van der Waals surface area contributed by atoms with Crippen molar-refractivity contribution in [1.82, 2.24) is 19.6 Å². The van der Waals surface area contributed by atoms with Crippen LogP contribution < -0.4 is 5.32 Å². The van der Waals surface area contributed by atoms with Gasteiger partial charge in [-0.05, 0) is 6.26 Å². The number of hydrogen-bond acceptors (Lipinski definition) is 6. The average Bonchev–Trinajstić information content (AvgIpc) is 2.38. The average molecular weight is 304 g/mol. The fraction of sp³-hybridized carbons (Fsp3) is 0.500. The SMILES string of the molecule is CSc1ncc(C(=O)NCCS(=O)(=O)N(C)C)cn1. The first-order valence-corrected chi connectivity index (χ1v) is 8.24.